The van der Waals surface area contributed by atoms with Crippen LogP contribution in [0.3, 0.4) is 0 Å². The number of fused-ring (bicyclic) bond motifs is 2. The average Bonchev–Trinajstić information content (AvgIpc) is 3.48. The lowest BCUT2D eigenvalue weighted by Crippen LogP contribution is -2.49. The van der Waals surface area contributed by atoms with E-state index >= 15 is 0 Å². The van der Waals surface area contributed by atoms with Crippen molar-refractivity contribution in [3.8, 4) is 5.75 Å². The molecule has 3 aliphatic rings. The number of halogens is 5. The maximum Gasteiger partial charge on any atom is 0.511 e. The molecule has 0 N–H and O–H groups in total. The molecule has 2 saturated heterocycles. The van der Waals surface area contributed by atoms with Crippen LogP contribution in [-0.2, 0) is 46.2 Å². The van der Waals surface area contributed by atoms with E-state index in [2.05, 4.69) is 4.90 Å². The summed E-state index contributed by atoms with van der Waals surface area (Å²) < 4.78 is 91.0. The molecule has 15 nitrogen and oxygen atoms in total. The van der Waals surface area contributed by atoms with E-state index < -0.39 is 78.7 Å². The molecule has 0 spiro atoms. The summed E-state index contributed by atoms with van der Waals surface area (Å²) in [5, 5.41) is 0. The lowest BCUT2D eigenvalue weighted by molar-refractivity contribution is -0.156. The molecule has 2 atom stereocenters. The van der Waals surface area contributed by atoms with Crippen molar-refractivity contribution in [2.24, 2.45) is 0 Å². The molecule has 4 heterocycles. The fourth-order valence-electron chi connectivity index (χ4n) is 5.35. The predicted molar refractivity (Wildman–Crippen MR) is 163 cm³/mol. The third-order valence-corrected chi connectivity index (χ3v) is 7.88. The first-order valence-electron chi connectivity index (χ1n) is 15.8. The van der Waals surface area contributed by atoms with Gasteiger partial charge in [-0.3, -0.25) is 24.1 Å². The van der Waals surface area contributed by atoms with Crippen LogP contribution in [0.15, 0.2) is 29.2 Å². The summed E-state index contributed by atoms with van der Waals surface area (Å²) in [4.78, 5) is 76.3. The first kappa shape index (κ1) is 39.8. The average molecular weight is 748 g/mol. The third kappa shape index (κ3) is 10.8. The summed E-state index contributed by atoms with van der Waals surface area (Å²) in [6.07, 6.45) is -6.87. The van der Waals surface area contributed by atoms with E-state index in [1.807, 2.05) is 0 Å². The lowest BCUT2D eigenvalue weighted by Gasteiger charge is -2.34. The van der Waals surface area contributed by atoms with Gasteiger partial charge in [0.1, 0.15) is 18.2 Å². The number of Topliss-reactive ketones (excluding diaryl/α,β-unsaturated/α-hetero) is 1. The second-order valence-corrected chi connectivity index (χ2v) is 11.5. The largest absolute Gasteiger partial charge is 0.511 e. The number of alkyl halides is 3. The van der Waals surface area contributed by atoms with Crippen molar-refractivity contribution in [3.05, 3.63) is 63.1 Å². The Morgan fingerprint density at radius 1 is 1.06 bits per heavy atom. The summed E-state index contributed by atoms with van der Waals surface area (Å²) in [6, 6.07) is 2.66. The fraction of sp³-hybridized carbons (Fsp3) is 0.500. The zero-order valence-electron chi connectivity index (χ0n) is 27.7. The smallest absolute Gasteiger partial charge is 0.462 e. The molecule has 0 aliphatic carbocycles. The van der Waals surface area contributed by atoms with Gasteiger partial charge < -0.3 is 37.9 Å². The van der Waals surface area contributed by atoms with Crippen molar-refractivity contribution in [1.29, 1.82) is 0 Å². The molecule has 0 bridgehead atoms. The first-order valence-corrected chi connectivity index (χ1v) is 15.8. The number of aryl methyl sites for hydroxylation is 1. The number of aromatic nitrogens is 1. The van der Waals surface area contributed by atoms with Gasteiger partial charge in [0.25, 0.3) is 5.91 Å². The quantitative estimate of drug-likeness (QED) is 0.102. The number of carbonyl (C=O) groups is 5. The van der Waals surface area contributed by atoms with Gasteiger partial charge >= 0.3 is 18.3 Å². The van der Waals surface area contributed by atoms with Crippen LogP contribution in [0.4, 0.5) is 26.7 Å². The monoisotopic (exact) mass is 747 g/mol. The van der Waals surface area contributed by atoms with Gasteiger partial charge in [-0.2, -0.15) is 13.2 Å². The summed E-state index contributed by atoms with van der Waals surface area (Å²) in [5.41, 5.74) is -1.40. The van der Waals surface area contributed by atoms with Crippen LogP contribution in [0.5, 0.6) is 5.75 Å². The van der Waals surface area contributed by atoms with Gasteiger partial charge in [0.2, 0.25) is 24.3 Å². The highest BCUT2D eigenvalue weighted by molar-refractivity contribution is 6.00. The molecule has 20 heteroatoms. The molecular weight excluding hydrogens is 713 g/mol. The van der Waals surface area contributed by atoms with Crippen molar-refractivity contribution in [1.82, 2.24) is 14.4 Å². The Morgan fingerprint density at radius 3 is 2.44 bits per heavy atom. The number of amides is 1. The van der Waals surface area contributed by atoms with Gasteiger partial charge in [-0.15, -0.1) is 0 Å². The van der Waals surface area contributed by atoms with Crippen LogP contribution >= 0.6 is 0 Å². The van der Waals surface area contributed by atoms with Crippen molar-refractivity contribution < 1.29 is 74.3 Å². The second kappa shape index (κ2) is 18.0. The zero-order valence-corrected chi connectivity index (χ0v) is 27.7. The molecule has 2 aromatic rings. The van der Waals surface area contributed by atoms with Crippen molar-refractivity contribution in [2.45, 2.75) is 44.8 Å². The van der Waals surface area contributed by atoms with Crippen LogP contribution in [0, 0.1) is 11.6 Å². The molecule has 3 aliphatic heterocycles. The van der Waals surface area contributed by atoms with E-state index in [4.69, 9.17) is 33.2 Å². The number of nitrogens with zero attached hydrogens (tertiary/aromatic N) is 3. The highest BCUT2D eigenvalue weighted by Crippen LogP contribution is 2.30. The molecule has 284 valence electrons. The SMILES string of the molecule is C[C@H]1CO[C@@H]2Cn3cc(C(=O)CCc4ccc(F)cc4F)c(=O)c(OCOC(=O)OCC(=O)OCCN4CCOCC4)c3C(=O)N12.O=CC(F)(F)F. The number of carbonyl (C=O) groups excluding carboxylic acids is 5. The molecular formula is C32H34F5N3O12. The zero-order chi connectivity index (χ0) is 38.0. The van der Waals surface area contributed by atoms with E-state index in [-0.39, 0.29) is 55.5 Å². The van der Waals surface area contributed by atoms with E-state index in [9.17, 15) is 45.9 Å². The van der Waals surface area contributed by atoms with Gasteiger partial charge in [-0.1, -0.05) is 6.07 Å². The summed E-state index contributed by atoms with van der Waals surface area (Å²) >= 11 is 0. The first-order chi connectivity index (χ1) is 24.7. The Bertz CT molecular complexity index is 1700. The van der Waals surface area contributed by atoms with Gasteiger partial charge in [-0.05, 0) is 25.0 Å². The summed E-state index contributed by atoms with van der Waals surface area (Å²) in [5.74, 6) is -4.22. The minimum atomic E-state index is -4.64. The van der Waals surface area contributed by atoms with Crippen LogP contribution in [0.1, 0.15) is 39.8 Å². The topological polar surface area (TPSA) is 169 Å². The van der Waals surface area contributed by atoms with Gasteiger partial charge in [0.15, 0.2) is 24.3 Å². The standard InChI is InChI=1S/C30H33F2N3O11.C2HF3O/c1-18-15-43-24-14-34-13-21(23(36)5-3-19-2-4-20(31)12-22(19)32)27(38)28(26(34)29(39)35(18)24)45-17-46-30(40)44-16-25(37)42-11-8-33-6-9-41-10-7-33;3-2(4,5)1-6/h2,4,12-13,18,24H,3,5-11,14-17H2,1H3;1H/t18-,24+;/m0./s1. The molecule has 52 heavy (non-hydrogen) atoms. The normalized spacial score (nSPS) is 18.3. The predicted octanol–water partition coefficient (Wildman–Crippen LogP) is 2.26. The van der Waals surface area contributed by atoms with E-state index in [0.717, 1.165) is 19.2 Å². The van der Waals surface area contributed by atoms with Crippen LogP contribution < -0.4 is 10.2 Å². The number of ketones is 1. The number of pyridine rings is 1. The van der Waals surface area contributed by atoms with Crippen molar-refractivity contribution in [3.63, 3.8) is 0 Å². The van der Waals surface area contributed by atoms with Crippen LogP contribution in [0.25, 0.3) is 0 Å². The van der Waals surface area contributed by atoms with Crippen LogP contribution in [0.2, 0.25) is 0 Å². The molecule has 2 fully saturated rings. The Kier molecular flexibility index (Phi) is 13.8. The number of ether oxygens (including phenoxy) is 6. The number of benzene rings is 1. The number of morpholine rings is 1. The minimum Gasteiger partial charge on any atom is -0.462 e. The molecule has 1 amide bonds. The Hall–Kier alpha value is -4.95. The van der Waals surface area contributed by atoms with Crippen molar-refractivity contribution >= 4 is 30.1 Å². The van der Waals surface area contributed by atoms with Gasteiger partial charge in [-0.25, -0.2) is 18.4 Å². The van der Waals surface area contributed by atoms with E-state index in [1.54, 1.807) is 6.92 Å². The molecule has 0 unspecified atom stereocenters. The molecule has 1 aromatic heterocycles. The highest BCUT2D eigenvalue weighted by Gasteiger charge is 2.43. The molecule has 5 rings (SSSR count). The van der Waals surface area contributed by atoms with Gasteiger partial charge in [0, 0.05) is 38.3 Å². The molecule has 1 aromatic carbocycles. The van der Waals surface area contributed by atoms with E-state index in [0.29, 0.717) is 25.8 Å². The van der Waals surface area contributed by atoms with Crippen LogP contribution in [-0.4, -0.2) is 122 Å². The Balaban J connectivity index is 0.000000929. The molecule has 0 saturated carbocycles. The maximum absolute atomic E-state index is 14.1. The molecule has 0 radical (unpaired) electrons. The number of rotatable bonds is 12. The Labute approximate surface area is 292 Å². The number of hydrogen-bond donors (Lipinski definition) is 0. The second-order valence-electron chi connectivity index (χ2n) is 11.5. The fourth-order valence-corrected chi connectivity index (χ4v) is 5.35. The summed E-state index contributed by atoms with van der Waals surface area (Å²) in [7, 11) is 0. The van der Waals surface area contributed by atoms with E-state index in [1.165, 1.54) is 21.7 Å². The Morgan fingerprint density at radius 2 is 1.77 bits per heavy atom. The maximum atomic E-state index is 14.1. The third-order valence-electron chi connectivity index (χ3n) is 7.88. The highest BCUT2D eigenvalue weighted by atomic mass is 19.4. The van der Waals surface area contributed by atoms with Crippen molar-refractivity contribution in [2.75, 3.05) is 59.5 Å². The lowest BCUT2D eigenvalue weighted by atomic mass is 10.0. The van der Waals surface area contributed by atoms with Gasteiger partial charge in [0.05, 0.1) is 38.0 Å². The minimum absolute atomic E-state index is 0.0749. The number of aldehydes is 1. The number of esters is 1. The number of hydrogen-bond acceptors (Lipinski definition) is 13. The summed E-state index contributed by atoms with van der Waals surface area (Å²) in [6.45, 7) is 3.70.